The van der Waals surface area contributed by atoms with Crippen LogP contribution in [0.3, 0.4) is 0 Å². The van der Waals surface area contributed by atoms with Crippen LogP contribution in [0.5, 0.6) is 0 Å². The van der Waals surface area contributed by atoms with E-state index in [1.165, 1.54) is 60.8 Å². The van der Waals surface area contributed by atoms with Gasteiger partial charge in [-0.05, 0) is 160 Å². The zero-order valence-electron chi connectivity index (χ0n) is 44.9. The van der Waals surface area contributed by atoms with Gasteiger partial charge in [0.1, 0.15) is 0 Å². The predicted octanol–water partition coefficient (Wildman–Crippen LogP) is 20.7. The Hall–Kier alpha value is -9.44. The SMILES string of the molecule is C=C/C(=C\C=C\N(C(=C)/C=C\C1=CC(C)(C)C/C1=C\C=C(/C)n1c2ccccc2c2cc(-c3ccc(-c4ccc(N(c5ccccc5)c5ccccc5)cc4)cc3)ccc21)c1ccc(C2C=CC=CC2)cc1)c1ccccc1. The molecule has 0 amide bonds. The number of nitrogens with zero attached hydrogens (tertiary/aromatic N) is 3. The van der Waals surface area contributed by atoms with Crippen LogP contribution in [0, 0.1) is 5.41 Å². The van der Waals surface area contributed by atoms with E-state index in [2.05, 4.69) is 322 Å². The number of fused-ring (bicyclic) bond motifs is 3. The Bertz CT molecular complexity index is 3830. The lowest BCUT2D eigenvalue weighted by molar-refractivity contribution is 0.499. The van der Waals surface area contributed by atoms with Crippen LogP contribution in [-0.2, 0) is 0 Å². The maximum absolute atomic E-state index is 4.64. The Morgan fingerprint density at radius 3 is 1.83 bits per heavy atom. The van der Waals surface area contributed by atoms with Crippen LogP contribution in [-0.4, -0.2) is 4.57 Å². The van der Waals surface area contributed by atoms with Gasteiger partial charge in [-0.1, -0.05) is 221 Å². The van der Waals surface area contributed by atoms with E-state index in [1.54, 1.807) is 0 Å². The van der Waals surface area contributed by atoms with Crippen molar-refractivity contribution in [1.29, 1.82) is 0 Å². The first-order valence-electron chi connectivity index (χ1n) is 27.1. The number of anilines is 4. The average molecular weight is 1010 g/mol. The van der Waals surface area contributed by atoms with Crippen molar-refractivity contribution in [2.24, 2.45) is 5.41 Å². The highest BCUT2D eigenvalue weighted by atomic mass is 15.1. The first-order valence-corrected chi connectivity index (χ1v) is 27.1. The molecule has 0 saturated carbocycles. The summed E-state index contributed by atoms with van der Waals surface area (Å²) in [6.07, 6.45) is 30.4. The van der Waals surface area contributed by atoms with E-state index in [-0.39, 0.29) is 5.41 Å². The third kappa shape index (κ3) is 11.1. The van der Waals surface area contributed by atoms with Gasteiger partial charge in [0.2, 0.25) is 0 Å². The van der Waals surface area contributed by atoms with Gasteiger partial charge in [-0.3, -0.25) is 0 Å². The number of hydrogen-bond acceptors (Lipinski definition) is 2. The van der Waals surface area contributed by atoms with Gasteiger partial charge in [-0.15, -0.1) is 0 Å². The van der Waals surface area contributed by atoms with Gasteiger partial charge in [-0.2, -0.15) is 0 Å². The minimum atomic E-state index is 0.00910. The molecule has 1 atom stereocenters. The Balaban J connectivity index is 0.842. The maximum atomic E-state index is 4.64. The van der Waals surface area contributed by atoms with Crippen molar-refractivity contribution in [3.05, 3.63) is 326 Å². The van der Waals surface area contributed by atoms with E-state index in [4.69, 9.17) is 0 Å². The average Bonchev–Trinajstić information content (AvgIpc) is 4.05. The standard InChI is InChI=1S/C75H65N3/c1-6-57(58-22-11-7-12-23-58)26-21-51-76(67-46-41-61(42-47-67)59-24-13-8-14-25-59)55(2)33-35-65-53-75(4,5)54-66(65)36-34-56(3)77-73-32-20-19-31-71(73)72-52-64(45-50-74(72)77)63-39-37-60(38-40-63)62-43-48-70(49-44-62)78(68-27-15-9-16-28-68)69-29-17-10-18-30-69/h6-24,26-53,59H,1-2,25,54H2,3-5H3/b35-33-,51-21+,56-34+,57-26+,66-36+. The van der Waals surface area contributed by atoms with Crippen molar-refractivity contribution in [2.45, 2.75) is 39.5 Å². The van der Waals surface area contributed by atoms with Gasteiger partial charge in [0.05, 0.1) is 11.0 Å². The van der Waals surface area contributed by atoms with Crippen LogP contribution in [0.15, 0.2) is 315 Å². The molecular formula is C75H65N3. The first kappa shape index (κ1) is 50.7. The molecule has 2 aliphatic carbocycles. The van der Waals surface area contributed by atoms with Crippen molar-refractivity contribution in [3.8, 4) is 22.3 Å². The molecule has 3 nitrogen and oxygen atoms in total. The molecule has 2 aliphatic rings. The van der Waals surface area contributed by atoms with Crippen LogP contribution >= 0.6 is 0 Å². The van der Waals surface area contributed by atoms with Crippen molar-refractivity contribution in [3.63, 3.8) is 0 Å². The van der Waals surface area contributed by atoms with Crippen molar-refractivity contribution in [2.75, 3.05) is 9.80 Å². The van der Waals surface area contributed by atoms with Gasteiger partial charge in [0, 0.05) is 57.0 Å². The van der Waals surface area contributed by atoms with Crippen molar-refractivity contribution < 1.29 is 0 Å². The number of hydrogen-bond donors (Lipinski definition) is 0. The zero-order valence-corrected chi connectivity index (χ0v) is 44.9. The maximum Gasteiger partial charge on any atom is 0.0538 e. The van der Waals surface area contributed by atoms with Crippen molar-refractivity contribution >= 4 is 55.8 Å². The van der Waals surface area contributed by atoms with Gasteiger partial charge in [0.15, 0.2) is 0 Å². The molecule has 0 aliphatic heterocycles. The smallest absolute Gasteiger partial charge is 0.0538 e. The van der Waals surface area contributed by atoms with E-state index in [9.17, 15) is 0 Å². The quantitative estimate of drug-likeness (QED) is 0.0894. The second-order valence-corrected chi connectivity index (χ2v) is 21.0. The summed E-state index contributed by atoms with van der Waals surface area (Å²) in [6, 6.07) is 73.9. The van der Waals surface area contributed by atoms with E-state index in [0.29, 0.717) is 5.92 Å². The number of para-hydroxylation sites is 3. The Morgan fingerprint density at radius 2 is 1.18 bits per heavy atom. The van der Waals surface area contributed by atoms with Gasteiger partial charge < -0.3 is 14.4 Å². The minimum Gasteiger partial charge on any atom is -0.318 e. The topological polar surface area (TPSA) is 11.4 Å². The van der Waals surface area contributed by atoms with E-state index >= 15 is 0 Å². The van der Waals surface area contributed by atoms with E-state index in [1.807, 2.05) is 12.1 Å². The zero-order chi connectivity index (χ0) is 53.4. The van der Waals surface area contributed by atoms with Crippen LogP contribution in [0.4, 0.5) is 22.7 Å². The number of benzene rings is 8. The molecule has 380 valence electrons. The largest absolute Gasteiger partial charge is 0.318 e. The Kier molecular flexibility index (Phi) is 14.8. The van der Waals surface area contributed by atoms with E-state index < -0.39 is 0 Å². The predicted molar refractivity (Wildman–Crippen MR) is 336 cm³/mol. The third-order valence-electron chi connectivity index (χ3n) is 15.0. The van der Waals surface area contributed by atoms with Crippen molar-refractivity contribution in [1.82, 2.24) is 4.57 Å². The van der Waals surface area contributed by atoms with Crippen LogP contribution in [0.1, 0.15) is 50.7 Å². The molecule has 1 heterocycles. The molecule has 0 saturated heterocycles. The monoisotopic (exact) mass is 1010 g/mol. The molecule has 9 aromatic rings. The number of allylic oxidation sites excluding steroid dienone is 16. The lowest BCUT2D eigenvalue weighted by atomic mass is 9.92. The highest BCUT2D eigenvalue weighted by Gasteiger charge is 2.26. The second kappa shape index (κ2) is 22.8. The molecule has 1 aromatic heterocycles. The summed E-state index contributed by atoms with van der Waals surface area (Å²) in [5, 5.41) is 2.48. The van der Waals surface area contributed by atoms with Gasteiger partial charge >= 0.3 is 0 Å². The second-order valence-electron chi connectivity index (χ2n) is 21.0. The number of rotatable bonds is 16. The molecule has 78 heavy (non-hydrogen) atoms. The molecule has 11 rings (SSSR count). The highest BCUT2D eigenvalue weighted by molar-refractivity contribution is 6.11. The van der Waals surface area contributed by atoms with Gasteiger partial charge in [-0.25, -0.2) is 0 Å². The molecule has 0 radical (unpaired) electrons. The lowest BCUT2D eigenvalue weighted by Gasteiger charge is -2.25. The number of aromatic nitrogens is 1. The van der Waals surface area contributed by atoms with Crippen LogP contribution in [0.25, 0.3) is 55.3 Å². The minimum absolute atomic E-state index is 0.00910. The van der Waals surface area contributed by atoms with Crippen LogP contribution in [0.2, 0.25) is 0 Å². The molecule has 3 heteroatoms. The summed E-state index contributed by atoms with van der Waals surface area (Å²) in [7, 11) is 0. The fraction of sp³-hybridized carbons (Fsp3) is 0.0933. The molecule has 8 aromatic carbocycles. The lowest BCUT2D eigenvalue weighted by Crippen LogP contribution is -2.13. The fourth-order valence-corrected chi connectivity index (χ4v) is 11.0. The van der Waals surface area contributed by atoms with Crippen LogP contribution < -0.4 is 9.80 Å². The summed E-state index contributed by atoms with van der Waals surface area (Å²) < 4.78 is 2.41. The molecule has 0 bridgehead atoms. The summed E-state index contributed by atoms with van der Waals surface area (Å²) >= 11 is 0. The summed E-state index contributed by atoms with van der Waals surface area (Å²) in [4.78, 5) is 4.46. The summed E-state index contributed by atoms with van der Waals surface area (Å²) in [5.41, 5.74) is 19.6. The molecular weight excluding hydrogens is 943 g/mol. The molecule has 0 spiro atoms. The first-order chi connectivity index (χ1) is 38.2. The molecule has 0 fully saturated rings. The highest BCUT2D eigenvalue weighted by Crippen LogP contribution is 2.42. The Labute approximate surface area is 461 Å². The summed E-state index contributed by atoms with van der Waals surface area (Å²) in [6.45, 7) is 15.6. The normalized spacial score (nSPS) is 15.9. The van der Waals surface area contributed by atoms with E-state index in [0.717, 1.165) is 58.1 Å². The fourth-order valence-electron chi connectivity index (χ4n) is 11.0. The Morgan fingerprint density at radius 1 is 0.603 bits per heavy atom. The molecule has 1 unspecified atom stereocenters. The third-order valence-corrected chi connectivity index (χ3v) is 15.0. The summed E-state index contributed by atoms with van der Waals surface area (Å²) in [5.74, 6) is 0.383. The van der Waals surface area contributed by atoms with Gasteiger partial charge in [0.25, 0.3) is 0 Å². The molecule has 0 N–H and O–H groups in total.